The quantitative estimate of drug-likeness (QED) is 0.196. The number of fused-ring (bicyclic) bond motifs is 3. The van der Waals surface area contributed by atoms with Crippen molar-refractivity contribution in [1.29, 1.82) is 0 Å². The molecule has 42 heavy (non-hydrogen) atoms. The van der Waals surface area contributed by atoms with E-state index in [9.17, 15) is 19.2 Å². The van der Waals surface area contributed by atoms with E-state index in [0.29, 0.717) is 6.42 Å². The molecule has 0 N–H and O–H groups in total. The highest BCUT2D eigenvalue weighted by Gasteiger charge is 2.52. The Kier molecular flexibility index (Phi) is 10.9. The normalized spacial score (nSPS) is 30.3. The molecule has 1 aromatic rings. The molecule has 0 aromatic heterocycles. The molecule has 0 unspecified atom stereocenters. The molecule has 5 atom stereocenters. The second-order valence-electron chi connectivity index (χ2n) is 11.3. The van der Waals surface area contributed by atoms with Crippen LogP contribution in [0.2, 0.25) is 0 Å². The minimum Gasteiger partial charge on any atom is -0.463 e. The van der Waals surface area contributed by atoms with Crippen molar-refractivity contribution in [2.45, 2.75) is 71.2 Å². The zero-order valence-electron chi connectivity index (χ0n) is 25.0. The molecular formula is C30H43N2O10+. The molecule has 4 heterocycles. The number of carbonyl (C=O) groups excluding carboxylic acids is 4. The summed E-state index contributed by atoms with van der Waals surface area (Å²) in [6.07, 6.45) is -4.30. The molecular weight excluding hydrogens is 548 g/mol. The van der Waals surface area contributed by atoms with Gasteiger partial charge in [0, 0.05) is 53.8 Å². The van der Waals surface area contributed by atoms with Crippen molar-refractivity contribution < 1.29 is 52.1 Å². The Labute approximate surface area is 246 Å². The molecule has 4 fully saturated rings. The third-order valence-electron chi connectivity index (χ3n) is 8.19. The molecule has 0 aliphatic carbocycles. The summed E-state index contributed by atoms with van der Waals surface area (Å²) >= 11 is 0. The third kappa shape index (κ3) is 8.73. The fourth-order valence-electron chi connectivity index (χ4n) is 5.92. The van der Waals surface area contributed by atoms with Gasteiger partial charge in [0.1, 0.15) is 12.7 Å². The fourth-order valence-corrected chi connectivity index (χ4v) is 5.92. The molecule has 1 aromatic carbocycles. The van der Waals surface area contributed by atoms with Crippen LogP contribution in [-0.4, -0.2) is 123 Å². The number of ether oxygens (including phenoxy) is 6. The lowest BCUT2D eigenvalue weighted by Crippen LogP contribution is -2.67. The molecule has 0 spiro atoms. The number of piperazine rings is 3. The van der Waals surface area contributed by atoms with Crippen LogP contribution in [0.4, 0.5) is 0 Å². The van der Waals surface area contributed by atoms with Gasteiger partial charge in [0.25, 0.3) is 0 Å². The van der Waals surface area contributed by atoms with Gasteiger partial charge >= 0.3 is 23.9 Å². The Hall–Kier alpha value is -3.06. The molecule has 4 saturated heterocycles. The molecule has 4 aliphatic rings. The van der Waals surface area contributed by atoms with Crippen molar-refractivity contribution in [3.05, 3.63) is 35.4 Å². The number of hydrogen-bond acceptors (Lipinski definition) is 11. The van der Waals surface area contributed by atoms with Crippen molar-refractivity contribution in [2.75, 3.05) is 59.0 Å². The van der Waals surface area contributed by atoms with Crippen LogP contribution in [0, 0.1) is 0 Å². The van der Waals surface area contributed by atoms with Crippen LogP contribution in [0.25, 0.3) is 0 Å². The molecule has 4 aliphatic heterocycles. The number of esters is 4. The minimum atomic E-state index is -1.25. The summed E-state index contributed by atoms with van der Waals surface area (Å²) < 4.78 is 34.6. The molecule has 12 heteroatoms. The van der Waals surface area contributed by atoms with E-state index in [0.717, 1.165) is 12.0 Å². The summed E-state index contributed by atoms with van der Waals surface area (Å²) in [4.78, 5) is 49.9. The summed E-state index contributed by atoms with van der Waals surface area (Å²) in [6, 6.07) is 8.48. The number of benzene rings is 1. The Balaban J connectivity index is 1.39. The lowest BCUT2D eigenvalue weighted by molar-refractivity contribution is -0.940. The van der Waals surface area contributed by atoms with E-state index in [2.05, 4.69) is 29.2 Å². The fraction of sp³-hybridized carbons (Fsp3) is 0.667. The van der Waals surface area contributed by atoms with E-state index in [1.165, 1.54) is 83.6 Å². The maximum Gasteiger partial charge on any atom is 0.303 e. The lowest BCUT2D eigenvalue weighted by atomic mass is 9.98. The first kappa shape index (κ1) is 31.9. The van der Waals surface area contributed by atoms with E-state index in [4.69, 9.17) is 28.4 Å². The average Bonchev–Trinajstić information content (AvgIpc) is 2.95. The van der Waals surface area contributed by atoms with Crippen molar-refractivity contribution in [3.63, 3.8) is 0 Å². The van der Waals surface area contributed by atoms with Crippen molar-refractivity contribution in [1.82, 2.24) is 4.90 Å². The molecule has 12 nitrogen and oxygen atoms in total. The number of carbonyl (C=O) groups is 4. The smallest absolute Gasteiger partial charge is 0.303 e. The highest BCUT2D eigenvalue weighted by atomic mass is 16.7. The highest BCUT2D eigenvalue weighted by molar-refractivity contribution is 5.68. The first-order valence-electron chi connectivity index (χ1n) is 14.6. The molecule has 0 amide bonds. The van der Waals surface area contributed by atoms with Crippen LogP contribution < -0.4 is 0 Å². The number of nitrogens with zero attached hydrogens (tertiary/aromatic N) is 2. The molecule has 0 saturated carbocycles. The Morgan fingerprint density at radius 3 is 1.83 bits per heavy atom. The van der Waals surface area contributed by atoms with Crippen LogP contribution >= 0.6 is 0 Å². The van der Waals surface area contributed by atoms with Crippen LogP contribution in [0.5, 0.6) is 0 Å². The lowest BCUT2D eigenvalue weighted by Gasteiger charge is -2.50. The predicted octanol–water partition coefficient (Wildman–Crippen LogP) is 1.02. The van der Waals surface area contributed by atoms with Crippen LogP contribution in [-0.2, 0) is 60.4 Å². The van der Waals surface area contributed by atoms with Gasteiger partial charge in [-0.3, -0.25) is 24.1 Å². The van der Waals surface area contributed by atoms with Gasteiger partial charge in [-0.2, -0.15) is 0 Å². The monoisotopic (exact) mass is 591 g/mol. The molecule has 232 valence electrons. The summed E-state index contributed by atoms with van der Waals surface area (Å²) in [6.45, 7) is 13.2. The summed E-state index contributed by atoms with van der Waals surface area (Å²) in [7, 11) is 0. The van der Waals surface area contributed by atoms with Crippen molar-refractivity contribution in [3.8, 4) is 0 Å². The van der Waals surface area contributed by atoms with Gasteiger partial charge < -0.3 is 32.9 Å². The van der Waals surface area contributed by atoms with E-state index in [1.807, 2.05) is 0 Å². The van der Waals surface area contributed by atoms with Gasteiger partial charge in [0.05, 0.1) is 32.8 Å². The van der Waals surface area contributed by atoms with Crippen LogP contribution in [0.3, 0.4) is 0 Å². The maximum atomic E-state index is 12.0. The van der Waals surface area contributed by atoms with E-state index >= 15 is 0 Å². The Morgan fingerprint density at radius 2 is 1.29 bits per heavy atom. The Morgan fingerprint density at radius 1 is 0.762 bits per heavy atom. The third-order valence-corrected chi connectivity index (χ3v) is 8.19. The van der Waals surface area contributed by atoms with Gasteiger partial charge in [-0.1, -0.05) is 24.3 Å². The van der Waals surface area contributed by atoms with Gasteiger partial charge in [-0.25, -0.2) is 0 Å². The SMILES string of the molecule is CC(=O)OC[C@H]1O[C@@H](OCCc2ccc(CC[N+]34CCN(CC3)CC4)cc2)[C@H](OC(C)=O)[C@@H](OC(C)=O)[C@@H]1OC(C)=O. The maximum absolute atomic E-state index is 12.0. The van der Waals surface area contributed by atoms with Crippen molar-refractivity contribution in [2.24, 2.45) is 0 Å². The first-order valence-corrected chi connectivity index (χ1v) is 14.6. The van der Waals surface area contributed by atoms with Gasteiger partial charge in [-0.15, -0.1) is 0 Å². The topological polar surface area (TPSA) is 127 Å². The molecule has 2 bridgehead atoms. The number of rotatable bonds is 12. The van der Waals surface area contributed by atoms with Gasteiger partial charge in [0.15, 0.2) is 24.6 Å². The average molecular weight is 592 g/mol. The van der Waals surface area contributed by atoms with Gasteiger partial charge in [0.2, 0.25) is 0 Å². The largest absolute Gasteiger partial charge is 0.463 e. The number of hydrogen-bond donors (Lipinski definition) is 0. The summed E-state index contributed by atoms with van der Waals surface area (Å²) in [5.41, 5.74) is 2.36. The predicted molar refractivity (Wildman–Crippen MR) is 148 cm³/mol. The Bertz CT molecular complexity index is 1090. The standard InChI is InChI=1S/C30H43N2O10/c1-20(33)38-19-26-27(39-21(2)34)28(40-22(3)35)29(41-23(4)36)30(42-26)37-18-10-25-7-5-24(6-8-25)9-14-32-15-11-31(12-16-32)13-17-32/h5-8,26-30H,9-19H2,1-4H3/q+1/t26-,27-,28+,29-,30-/m1/s1. The van der Waals surface area contributed by atoms with E-state index in [1.54, 1.807) is 0 Å². The van der Waals surface area contributed by atoms with Crippen LogP contribution in [0.15, 0.2) is 24.3 Å². The summed E-state index contributed by atoms with van der Waals surface area (Å²) in [5, 5.41) is 0. The second-order valence-corrected chi connectivity index (χ2v) is 11.3. The molecule has 5 rings (SSSR count). The van der Waals surface area contributed by atoms with E-state index < -0.39 is 54.6 Å². The van der Waals surface area contributed by atoms with Crippen molar-refractivity contribution >= 4 is 23.9 Å². The summed E-state index contributed by atoms with van der Waals surface area (Å²) in [5.74, 6) is -2.61. The highest BCUT2D eigenvalue weighted by Crippen LogP contribution is 2.30. The van der Waals surface area contributed by atoms with Crippen LogP contribution in [0.1, 0.15) is 38.8 Å². The van der Waals surface area contributed by atoms with E-state index in [-0.39, 0.29) is 13.2 Å². The first-order chi connectivity index (χ1) is 20.0. The number of quaternary nitrogens is 1. The van der Waals surface area contributed by atoms with Gasteiger partial charge in [-0.05, 0) is 17.5 Å². The minimum absolute atomic E-state index is 0.198. The zero-order chi connectivity index (χ0) is 30.3. The second kappa shape index (κ2) is 14.4. The zero-order valence-corrected chi connectivity index (χ0v) is 25.0. The molecule has 0 radical (unpaired) electrons.